The number of carbonyl (C=O) groups is 2. The Morgan fingerprint density at radius 1 is 1.23 bits per heavy atom. The summed E-state index contributed by atoms with van der Waals surface area (Å²) < 4.78 is 19.9. The van der Waals surface area contributed by atoms with Crippen LogP contribution in [-0.2, 0) is 22.6 Å². The molecule has 1 saturated heterocycles. The maximum atomic E-state index is 14.8. The fourth-order valence-corrected chi connectivity index (χ4v) is 5.20. The number of ketones is 1. The smallest absolute Gasteiger partial charge is 0.338 e. The van der Waals surface area contributed by atoms with Crippen molar-refractivity contribution in [3.8, 4) is 17.2 Å². The summed E-state index contributed by atoms with van der Waals surface area (Å²) in [7, 11) is 0. The Kier molecular flexibility index (Phi) is 5.07. The number of fused-ring (bicyclic) bond motifs is 3. The summed E-state index contributed by atoms with van der Waals surface area (Å²) in [4.78, 5) is 24.5. The predicted octanol–water partition coefficient (Wildman–Crippen LogP) is 3.95. The molecule has 0 aromatic heterocycles. The number of cyclic esters (lactones) is 1. The second-order valence-corrected chi connectivity index (χ2v) is 8.87. The van der Waals surface area contributed by atoms with Gasteiger partial charge in [-0.1, -0.05) is 24.3 Å². The van der Waals surface area contributed by atoms with Crippen LogP contribution in [0.25, 0.3) is 11.1 Å². The van der Waals surface area contributed by atoms with Crippen LogP contribution in [0.3, 0.4) is 0 Å². The van der Waals surface area contributed by atoms with E-state index in [0.29, 0.717) is 28.7 Å². The van der Waals surface area contributed by atoms with Crippen molar-refractivity contribution >= 4 is 11.8 Å². The third kappa shape index (κ3) is 3.75. The first-order valence-corrected chi connectivity index (χ1v) is 10.8. The molecule has 2 aromatic rings. The maximum absolute atomic E-state index is 14.8. The van der Waals surface area contributed by atoms with Crippen LogP contribution in [0, 0.1) is 29.0 Å². The van der Waals surface area contributed by atoms with E-state index in [1.165, 1.54) is 6.07 Å². The molecule has 158 valence electrons. The maximum Gasteiger partial charge on any atom is 0.338 e. The van der Waals surface area contributed by atoms with Crippen molar-refractivity contribution < 1.29 is 18.7 Å². The number of hydrogen-bond acceptors (Lipinski definition) is 5. The minimum Gasteiger partial charge on any atom is -0.457 e. The van der Waals surface area contributed by atoms with E-state index in [2.05, 4.69) is 11.4 Å². The van der Waals surface area contributed by atoms with Crippen molar-refractivity contribution in [3.63, 3.8) is 0 Å². The van der Waals surface area contributed by atoms with Gasteiger partial charge in [-0.05, 0) is 60.4 Å². The molecule has 31 heavy (non-hydrogen) atoms. The summed E-state index contributed by atoms with van der Waals surface area (Å²) in [6.45, 7) is 0.272. The van der Waals surface area contributed by atoms with Crippen molar-refractivity contribution in [2.45, 2.75) is 50.8 Å². The number of esters is 1. The molecular formula is C25H23FN2O3. The van der Waals surface area contributed by atoms with Crippen molar-refractivity contribution in [1.82, 2.24) is 5.32 Å². The van der Waals surface area contributed by atoms with Gasteiger partial charge in [0.15, 0.2) is 5.78 Å². The Morgan fingerprint density at radius 2 is 2.03 bits per heavy atom. The van der Waals surface area contributed by atoms with Gasteiger partial charge >= 0.3 is 5.97 Å². The second kappa shape index (κ2) is 7.90. The van der Waals surface area contributed by atoms with Crippen molar-refractivity contribution in [2.75, 3.05) is 0 Å². The monoisotopic (exact) mass is 418 g/mol. The number of nitrogens with one attached hydrogen (secondary N) is 1. The van der Waals surface area contributed by atoms with Crippen molar-refractivity contribution in [3.05, 3.63) is 58.9 Å². The molecule has 2 fully saturated rings. The van der Waals surface area contributed by atoms with Gasteiger partial charge in [0.25, 0.3) is 0 Å². The Bertz CT molecular complexity index is 1110. The molecule has 5 nitrogen and oxygen atoms in total. The third-order valence-electron chi connectivity index (χ3n) is 6.88. The molecule has 1 N–H and O–H groups in total. The topological polar surface area (TPSA) is 79.2 Å². The zero-order valence-electron chi connectivity index (χ0n) is 17.1. The molecule has 1 aliphatic carbocycles. The van der Waals surface area contributed by atoms with Gasteiger partial charge in [-0.3, -0.25) is 4.79 Å². The highest BCUT2D eigenvalue weighted by molar-refractivity contribution is 5.94. The summed E-state index contributed by atoms with van der Waals surface area (Å²) in [5.41, 5.74) is 3.15. The number of Topliss-reactive ketones (excluding diaryl/α,β-unsaturated/α-hetero) is 1. The second-order valence-electron chi connectivity index (χ2n) is 8.87. The van der Waals surface area contributed by atoms with Crippen LogP contribution >= 0.6 is 0 Å². The molecule has 2 aromatic carbocycles. The van der Waals surface area contributed by atoms with Crippen molar-refractivity contribution in [1.29, 1.82) is 5.26 Å². The lowest BCUT2D eigenvalue weighted by molar-refractivity contribution is -0.122. The number of piperidine rings is 1. The molecule has 3 aliphatic rings. The van der Waals surface area contributed by atoms with Crippen LogP contribution in [0.2, 0.25) is 0 Å². The van der Waals surface area contributed by atoms with E-state index in [4.69, 9.17) is 4.74 Å². The first-order chi connectivity index (χ1) is 15.0. The standard InChI is InChI=1S/C25H23FN2O3/c26-22-11-16(15-2-4-19-13-31-25(30)21(19)10-15)1-3-17(22)7-14(12-27)8-23(29)24-18-5-6-20(9-18)28-24/h1-4,10-11,14,18,20,24,28H,5-9,13H2/t14-,18+,20-,24+/m1/s1. The van der Waals surface area contributed by atoms with Crippen LogP contribution in [0.5, 0.6) is 0 Å². The number of ether oxygens (including phenoxy) is 1. The predicted molar refractivity (Wildman–Crippen MR) is 111 cm³/mol. The minimum atomic E-state index is -0.552. The average molecular weight is 418 g/mol. The normalized spacial score (nSPS) is 24.5. The summed E-state index contributed by atoms with van der Waals surface area (Å²) in [5, 5.41) is 12.9. The molecule has 1 saturated carbocycles. The van der Waals surface area contributed by atoms with Gasteiger partial charge in [-0.15, -0.1) is 0 Å². The highest BCUT2D eigenvalue weighted by Gasteiger charge is 2.42. The first-order valence-electron chi connectivity index (χ1n) is 10.8. The van der Waals surface area contributed by atoms with E-state index in [9.17, 15) is 19.2 Å². The van der Waals surface area contributed by atoms with Crippen LogP contribution in [0.15, 0.2) is 36.4 Å². The van der Waals surface area contributed by atoms with Crippen LogP contribution in [0.4, 0.5) is 4.39 Å². The lowest BCUT2D eigenvalue weighted by Gasteiger charge is -2.22. The van der Waals surface area contributed by atoms with Gasteiger partial charge < -0.3 is 10.1 Å². The molecule has 6 heteroatoms. The van der Waals surface area contributed by atoms with Gasteiger partial charge in [0.2, 0.25) is 0 Å². The number of nitriles is 1. The molecule has 0 radical (unpaired) electrons. The zero-order valence-corrected chi connectivity index (χ0v) is 17.1. The zero-order chi connectivity index (χ0) is 21.5. The molecule has 0 amide bonds. The summed E-state index contributed by atoms with van der Waals surface area (Å²) in [6.07, 6.45) is 3.59. The number of hydrogen-bond donors (Lipinski definition) is 1. The van der Waals surface area contributed by atoms with Crippen LogP contribution in [-0.4, -0.2) is 23.8 Å². The van der Waals surface area contributed by atoms with Crippen molar-refractivity contribution in [2.24, 2.45) is 11.8 Å². The van der Waals surface area contributed by atoms with Gasteiger partial charge in [-0.2, -0.15) is 5.26 Å². The number of rotatable bonds is 6. The third-order valence-corrected chi connectivity index (χ3v) is 6.88. The number of benzene rings is 2. The molecule has 0 unspecified atom stereocenters. The van der Waals surface area contributed by atoms with E-state index in [0.717, 1.165) is 30.4 Å². The SMILES string of the molecule is N#C[C@@H](CC(=O)[C@H]1N[C@@H]2CC[C@H]1C2)Cc1ccc(-c2ccc3c(c2)C(=O)OC3)cc1F. The minimum absolute atomic E-state index is 0.0702. The Morgan fingerprint density at radius 3 is 2.74 bits per heavy atom. The molecule has 5 rings (SSSR count). The molecule has 2 bridgehead atoms. The van der Waals surface area contributed by atoms with Gasteiger partial charge in [0.05, 0.1) is 23.6 Å². The molecule has 0 spiro atoms. The Labute approximate surface area is 180 Å². The lowest BCUT2D eigenvalue weighted by Crippen LogP contribution is -2.42. The number of halogens is 1. The average Bonchev–Trinajstić information content (AvgIpc) is 3.50. The summed E-state index contributed by atoms with van der Waals surface area (Å²) >= 11 is 0. The fraction of sp³-hybridized carbons (Fsp3) is 0.400. The Balaban J connectivity index is 1.28. The van der Waals surface area contributed by atoms with Crippen LogP contribution < -0.4 is 5.32 Å². The first kappa shape index (κ1) is 19.9. The lowest BCUT2D eigenvalue weighted by atomic mass is 9.88. The van der Waals surface area contributed by atoms with Crippen LogP contribution in [0.1, 0.15) is 47.2 Å². The number of carbonyl (C=O) groups excluding carboxylic acids is 2. The molecule has 2 aliphatic heterocycles. The van der Waals surface area contributed by atoms with E-state index < -0.39 is 11.7 Å². The van der Waals surface area contributed by atoms with E-state index in [1.807, 2.05) is 12.1 Å². The fourth-order valence-electron chi connectivity index (χ4n) is 5.20. The summed E-state index contributed by atoms with van der Waals surface area (Å²) in [5.74, 6) is -0.867. The summed E-state index contributed by atoms with van der Waals surface area (Å²) in [6, 6.07) is 12.7. The molecule has 2 heterocycles. The molecular weight excluding hydrogens is 395 g/mol. The van der Waals surface area contributed by atoms with Gasteiger partial charge in [-0.25, -0.2) is 9.18 Å². The van der Waals surface area contributed by atoms with Gasteiger partial charge in [0.1, 0.15) is 12.4 Å². The van der Waals surface area contributed by atoms with E-state index >= 15 is 0 Å². The van der Waals surface area contributed by atoms with E-state index in [-0.39, 0.29) is 37.2 Å². The highest BCUT2D eigenvalue weighted by Crippen LogP contribution is 2.36. The quantitative estimate of drug-likeness (QED) is 0.719. The highest BCUT2D eigenvalue weighted by atomic mass is 19.1. The molecule has 4 atom stereocenters. The van der Waals surface area contributed by atoms with Gasteiger partial charge in [0, 0.05) is 18.0 Å². The van der Waals surface area contributed by atoms with E-state index in [1.54, 1.807) is 18.2 Å². The Hall–Kier alpha value is -3.04. The number of nitrogens with zero attached hydrogens (tertiary/aromatic N) is 1. The largest absolute Gasteiger partial charge is 0.457 e.